The van der Waals surface area contributed by atoms with Crippen molar-refractivity contribution < 1.29 is 0 Å². The summed E-state index contributed by atoms with van der Waals surface area (Å²) in [6.45, 7) is 6.88. The van der Waals surface area contributed by atoms with Crippen LogP contribution in [0.3, 0.4) is 0 Å². The van der Waals surface area contributed by atoms with Crippen LogP contribution in [0.2, 0.25) is 0 Å². The molecule has 1 aromatic carbocycles. The molecule has 0 aliphatic heterocycles. The molecule has 0 amide bonds. The van der Waals surface area contributed by atoms with Crippen molar-refractivity contribution in [1.82, 2.24) is 5.32 Å². The molecular formula is C15H22BrN. The van der Waals surface area contributed by atoms with Gasteiger partial charge in [-0.05, 0) is 55.4 Å². The van der Waals surface area contributed by atoms with Crippen molar-refractivity contribution in [2.45, 2.75) is 52.1 Å². The third-order valence-electron chi connectivity index (χ3n) is 3.49. The number of hydrogen-bond acceptors (Lipinski definition) is 1. The van der Waals surface area contributed by atoms with Crippen LogP contribution in [0.15, 0.2) is 22.7 Å². The lowest BCUT2D eigenvalue weighted by atomic mass is 10.0. The Morgan fingerprint density at radius 2 is 2.12 bits per heavy atom. The highest BCUT2D eigenvalue weighted by Crippen LogP contribution is 2.33. The van der Waals surface area contributed by atoms with Gasteiger partial charge in [0.15, 0.2) is 0 Å². The lowest BCUT2D eigenvalue weighted by Gasteiger charge is -2.21. The summed E-state index contributed by atoms with van der Waals surface area (Å²) in [6, 6.07) is 7.86. The fourth-order valence-electron chi connectivity index (χ4n) is 2.88. The summed E-state index contributed by atoms with van der Waals surface area (Å²) in [6.07, 6.45) is 3.71. The maximum atomic E-state index is 3.77. The van der Waals surface area contributed by atoms with E-state index in [4.69, 9.17) is 0 Å². The van der Waals surface area contributed by atoms with Crippen LogP contribution in [0.5, 0.6) is 0 Å². The number of fused-ring (bicyclic) bond motifs is 1. The second-order valence-electron chi connectivity index (χ2n) is 5.63. The van der Waals surface area contributed by atoms with Gasteiger partial charge in [-0.15, -0.1) is 0 Å². The van der Waals surface area contributed by atoms with E-state index in [-0.39, 0.29) is 0 Å². The van der Waals surface area contributed by atoms with Crippen molar-refractivity contribution in [3.63, 3.8) is 0 Å². The van der Waals surface area contributed by atoms with Gasteiger partial charge in [0.25, 0.3) is 0 Å². The first kappa shape index (κ1) is 13.1. The number of rotatable bonds is 4. The third kappa shape index (κ3) is 3.32. The van der Waals surface area contributed by atoms with E-state index in [1.807, 2.05) is 0 Å². The summed E-state index contributed by atoms with van der Waals surface area (Å²) >= 11 is 3.55. The monoisotopic (exact) mass is 295 g/mol. The predicted octanol–water partition coefficient (Wildman–Crippen LogP) is 4.46. The first-order chi connectivity index (χ1) is 8.06. The van der Waals surface area contributed by atoms with Crippen LogP contribution >= 0.6 is 15.9 Å². The van der Waals surface area contributed by atoms with Gasteiger partial charge in [0.1, 0.15) is 0 Å². The van der Waals surface area contributed by atoms with Gasteiger partial charge in [-0.2, -0.15) is 0 Å². The van der Waals surface area contributed by atoms with Crippen LogP contribution in [-0.2, 0) is 6.42 Å². The van der Waals surface area contributed by atoms with Gasteiger partial charge in [0, 0.05) is 16.6 Å². The first-order valence-electron chi connectivity index (χ1n) is 6.60. The molecule has 0 radical (unpaired) electrons. The number of halogens is 1. The predicted molar refractivity (Wildman–Crippen MR) is 77.3 cm³/mol. The minimum Gasteiger partial charge on any atom is -0.307 e. The third-order valence-corrected chi connectivity index (χ3v) is 3.99. The van der Waals surface area contributed by atoms with Gasteiger partial charge in [-0.25, -0.2) is 0 Å². The molecule has 0 fully saturated rings. The largest absolute Gasteiger partial charge is 0.307 e. The molecular weight excluding hydrogens is 274 g/mol. The fourth-order valence-corrected chi connectivity index (χ4v) is 3.29. The fraction of sp³-hybridized carbons (Fsp3) is 0.600. The van der Waals surface area contributed by atoms with E-state index in [2.05, 4.69) is 60.2 Å². The average Bonchev–Trinajstić information content (AvgIpc) is 2.59. The summed E-state index contributed by atoms with van der Waals surface area (Å²) in [5.74, 6) is 0.767. The molecule has 1 aromatic rings. The summed E-state index contributed by atoms with van der Waals surface area (Å²) in [7, 11) is 0. The normalized spacial score (nSPS) is 20.6. The zero-order valence-electron chi connectivity index (χ0n) is 11.0. The Bertz CT molecular complexity index is 387. The smallest absolute Gasteiger partial charge is 0.0328 e. The van der Waals surface area contributed by atoms with Crippen LogP contribution in [0.25, 0.3) is 0 Å². The van der Waals surface area contributed by atoms with Crippen molar-refractivity contribution >= 4 is 15.9 Å². The molecule has 0 heterocycles. The highest BCUT2D eigenvalue weighted by Gasteiger charge is 2.23. The quantitative estimate of drug-likeness (QED) is 0.865. The summed E-state index contributed by atoms with van der Waals surface area (Å²) in [4.78, 5) is 0. The molecule has 1 N–H and O–H groups in total. The topological polar surface area (TPSA) is 12.0 Å². The van der Waals surface area contributed by atoms with Gasteiger partial charge in [0.05, 0.1) is 0 Å². The van der Waals surface area contributed by atoms with Gasteiger partial charge in [-0.3, -0.25) is 0 Å². The van der Waals surface area contributed by atoms with Crippen LogP contribution < -0.4 is 5.32 Å². The molecule has 1 nitrogen and oxygen atoms in total. The van der Waals surface area contributed by atoms with Crippen molar-refractivity contribution in [2.75, 3.05) is 0 Å². The molecule has 0 spiro atoms. The Morgan fingerprint density at radius 1 is 1.35 bits per heavy atom. The Labute approximate surface area is 113 Å². The molecule has 1 aliphatic carbocycles. The zero-order chi connectivity index (χ0) is 12.4. The molecule has 2 heteroatoms. The number of nitrogens with one attached hydrogen (secondary N) is 1. The Balaban J connectivity index is 2.02. The van der Waals surface area contributed by atoms with Gasteiger partial charge < -0.3 is 5.32 Å². The van der Waals surface area contributed by atoms with E-state index in [9.17, 15) is 0 Å². The SMILES string of the molecule is CC(C)CC(C)NC1CCc2cc(Br)ccc21. The maximum absolute atomic E-state index is 3.77. The van der Waals surface area contributed by atoms with Gasteiger partial charge in [-0.1, -0.05) is 35.8 Å². The maximum Gasteiger partial charge on any atom is 0.0328 e. The number of benzene rings is 1. The molecule has 0 bridgehead atoms. The highest BCUT2D eigenvalue weighted by molar-refractivity contribution is 9.10. The second-order valence-corrected chi connectivity index (χ2v) is 6.55. The number of hydrogen-bond donors (Lipinski definition) is 1. The minimum absolute atomic E-state index is 0.562. The van der Waals surface area contributed by atoms with Gasteiger partial charge in [0.2, 0.25) is 0 Å². The van der Waals surface area contributed by atoms with Crippen molar-refractivity contribution in [2.24, 2.45) is 5.92 Å². The van der Waals surface area contributed by atoms with Gasteiger partial charge >= 0.3 is 0 Å². The Hall–Kier alpha value is -0.340. The van der Waals surface area contributed by atoms with Crippen molar-refractivity contribution in [1.29, 1.82) is 0 Å². The zero-order valence-corrected chi connectivity index (χ0v) is 12.5. The van der Waals surface area contributed by atoms with E-state index < -0.39 is 0 Å². The van der Waals surface area contributed by atoms with E-state index in [1.165, 1.54) is 34.9 Å². The minimum atomic E-state index is 0.562. The molecule has 94 valence electrons. The lowest BCUT2D eigenvalue weighted by Crippen LogP contribution is -2.30. The second kappa shape index (κ2) is 5.53. The molecule has 17 heavy (non-hydrogen) atoms. The highest BCUT2D eigenvalue weighted by atomic mass is 79.9. The average molecular weight is 296 g/mol. The van der Waals surface area contributed by atoms with E-state index >= 15 is 0 Å². The molecule has 2 atom stereocenters. The van der Waals surface area contributed by atoms with Crippen LogP contribution in [0.1, 0.15) is 50.8 Å². The molecule has 0 saturated carbocycles. The molecule has 2 unspecified atom stereocenters. The Kier molecular flexibility index (Phi) is 4.26. The van der Waals surface area contributed by atoms with Crippen LogP contribution in [0, 0.1) is 5.92 Å². The molecule has 1 aliphatic rings. The Morgan fingerprint density at radius 3 is 2.82 bits per heavy atom. The standard InChI is InChI=1S/C15H22BrN/c1-10(2)8-11(3)17-15-7-4-12-9-13(16)5-6-14(12)15/h5-6,9-11,15,17H,4,7-8H2,1-3H3. The lowest BCUT2D eigenvalue weighted by molar-refractivity contribution is 0.393. The van der Waals surface area contributed by atoms with Crippen molar-refractivity contribution in [3.8, 4) is 0 Å². The van der Waals surface area contributed by atoms with Crippen LogP contribution in [-0.4, -0.2) is 6.04 Å². The van der Waals surface area contributed by atoms with E-state index in [0.717, 1.165) is 5.92 Å². The first-order valence-corrected chi connectivity index (χ1v) is 7.40. The van der Waals surface area contributed by atoms with E-state index in [0.29, 0.717) is 12.1 Å². The molecule has 2 rings (SSSR count). The summed E-state index contributed by atoms with van der Waals surface area (Å²) in [5.41, 5.74) is 3.01. The molecule has 0 saturated heterocycles. The number of aryl methyl sites for hydroxylation is 1. The van der Waals surface area contributed by atoms with Crippen molar-refractivity contribution in [3.05, 3.63) is 33.8 Å². The van der Waals surface area contributed by atoms with E-state index in [1.54, 1.807) is 0 Å². The van der Waals surface area contributed by atoms with Crippen LogP contribution in [0.4, 0.5) is 0 Å². The summed E-state index contributed by atoms with van der Waals surface area (Å²) in [5, 5.41) is 3.77. The molecule has 0 aromatic heterocycles. The summed E-state index contributed by atoms with van der Waals surface area (Å²) < 4.78 is 1.20.